The molecule has 2 N–H and O–H groups in total. The Balaban J connectivity index is 1.91. The Kier molecular flexibility index (Phi) is 6.34. The summed E-state index contributed by atoms with van der Waals surface area (Å²) in [5, 5.41) is 5.70. The van der Waals surface area contributed by atoms with E-state index in [4.69, 9.17) is 0 Å². The number of pyridine rings is 2. The summed E-state index contributed by atoms with van der Waals surface area (Å²) in [5.74, 6) is 0.351. The van der Waals surface area contributed by atoms with Crippen LogP contribution >= 0.6 is 0 Å². The van der Waals surface area contributed by atoms with Crippen LogP contribution in [0.15, 0.2) is 60.9 Å². The van der Waals surface area contributed by atoms with Crippen molar-refractivity contribution in [2.24, 2.45) is 0 Å². The maximum Gasteiger partial charge on any atom is 0.419 e. The molecule has 3 aromatic rings. The molecule has 1 aromatic carbocycles. The third kappa shape index (κ3) is 5.63. The predicted octanol–water partition coefficient (Wildman–Crippen LogP) is 4.25. The minimum absolute atomic E-state index is 0.0824. The average molecular weight is 451 g/mol. The molecule has 0 aliphatic rings. The molecule has 0 atom stereocenters. The zero-order valence-corrected chi connectivity index (χ0v) is 17.5. The molecule has 0 amide bonds. The first-order chi connectivity index (χ1) is 14.6. The summed E-state index contributed by atoms with van der Waals surface area (Å²) in [4.78, 5) is 7.92. The Labute approximate surface area is 178 Å². The monoisotopic (exact) mass is 451 g/mol. The van der Waals surface area contributed by atoms with Crippen LogP contribution in [0.2, 0.25) is 0 Å². The average Bonchev–Trinajstić information content (AvgIpc) is 2.71. The summed E-state index contributed by atoms with van der Waals surface area (Å²) in [5.41, 5.74) is -0.0475. The maximum absolute atomic E-state index is 13.5. The molecule has 0 saturated carbocycles. The third-order valence-corrected chi connectivity index (χ3v) is 5.56. The number of rotatable bonds is 7. The van der Waals surface area contributed by atoms with Crippen LogP contribution in [0.3, 0.4) is 0 Å². The molecular weight excluding hydrogens is 431 g/mol. The second-order valence-electron chi connectivity index (χ2n) is 6.67. The molecule has 0 bridgehead atoms. The lowest BCUT2D eigenvalue weighted by Crippen LogP contribution is -2.27. The van der Waals surface area contributed by atoms with Gasteiger partial charge in [-0.3, -0.25) is 4.31 Å². The fourth-order valence-electron chi connectivity index (χ4n) is 2.76. The highest BCUT2D eigenvalue weighted by atomic mass is 32.2. The van der Waals surface area contributed by atoms with Gasteiger partial charge in [-0.25, -0.2) is 18.4 Å². The van der Waals surface area contributed by atoms with Crippen molar-refractivity contribution in [2.75, 3.05) is 28.2 Å². The van der Waals surface area contributed by atoms with Crippen molar-refractivity contribution in [2.45, 2.75) is 12.7 Å². The van der Waals surface area contributed by atoms with E-state index in [0.29, 0.717) is 11.3 Å². The van der Waals surface area contributed by atoms with Gasteiger partial charge in [-0.05, 0) is 18.2 Å². The van der Waals surface area contributed by atoms with Gasteiger partial charge in [0.05, 0.1) is 17.5 Å². The topological polar surface area (TPSA) is 87.2 Å². The van der Waals surface area contributed by atoms with Crippen molar-refractivity contribution < 1.29 is 21.6 Å². The molecular formula is C20H20F3N5O2S. The number of sulfonamides is 1. The summed E-state index contributed by atoms with van der Waals surface area (Å²) in [6.07, 6.45) is -1.44. The van der Waals surface area contributed by atoms with E-state index in [9.17, 15) is 21.6 Å². The molecule has 164 valence electrons. The van der Waals surface area contributed by atoms with Crippen LogP contribution in [-0.4, -0.2) is 31.7 Å². The van der Waals surface area contributed by atoms with Crippen LogP contribution in [0, 0.1) is 0 Å². The number of nitrogens with zero attached hydrogens (tertiary/aromatic N) is 3. The van der Waals surface area contributed by atoms with E-state index in [0.717, 1.165) is 16.8 Å². The number of anilines is 4. The van der Waals surface area contributed by atoms with Gasteiger partial charge in [-0.15, -0.1) is 0 Å². The van der Waals surface area contributed by atoms with Crippen molar-refractivity contribution in [1.29, 1.82) is 0 Å². The summed E-state index contributed by atoms with van der Waals surface area (Å²) in [6, 6.07) is 13.3. The number of aromatic nitrogens is 2. The normalized spacial score (nSPS) is 11.8. The van der Waals surface area contributed by atoms with Crippen molar-refractivity contribution in [1.82, 2.24) is 9.97 Å². The van der Waals surface area contributed by atoms with E-state index < -0.39 is 21.8 Å². The Morgan fingerprint density at radius 3 is 2.42 bits per heavy atom. The highest BCUT2D eigenvalue weighted by Crippen LogP contribution is 2.36. The standard InChI is InChI=1S/C20H20F3N5O2S/c1-28(31(2,29)30)19-14(7-6-10-24-19)12-25-17-11-18(26-13-16(17)20(21,22)23)27-15-8-4-3-5-9-15/h3-11,13H,12H2,1-2H3,(H2,25,26,27). The van der Waals surface area contributed by atoms with Gasteiger partial charge in [0.25, 0.3) is 0 Å². The number of benzene rings is 1. The van der Waals surface area contributed by atoms with E-state index >= 15 is 0 Å². The summed E-state index contributed by atoms with van der Waals surface area (Å²) >= 11 is 0. The first-order valence-corrected chi connectivity index (χ1v) is 10.9. The Morgan fingerprint density at radius 1 is 1.06 bits per heavy atom. The van der Waals surface area contributed by atoms with Crippen LogP contribution in [-0.2, 0) is 22.7 Å². The van der Waals surface area contributed by atoms with E-state index in [1.54, 1.807) is 36.4 Å². The van der Waals surface area contributed by atoms with Crippen molar-refractivity contribution in [3.05, 3.63) is 72.1 Å². The molecule has 7 nitrogen and oxygen atoms in total. The molecule has 0 radical (unpaired) electrons. The molecule has 0 spiro atoms. The lowest BCUT2D eigenvalue weighted by atomic mass is 10.2. The van der Waals surface area contributed by atoms with Crippen LogP contribution in [0.25, 0.3) is 0 Å². The van der Waals surface area contributed by atoms with Gasteiger partial charge in [-0.1, -0.05) is 24.3 Å². The third-order valence-electron chi connectivity index (χ3n) is 4.39. The van der Waals surface area contributed by atoms with E-state index in [1.807, 2.05) is 6.07 Å². The highest BCUT2D eigenvalue weighted by Gasteiger charge is 2.34. The summed E-state index contributed by atoms with van der Waals surface area (Å²) in [7, 11) is -2.26. The molecule has 3 rings (SSSR count). The van der Waals surface area contributed by atoms with E-state index in [2.05, 4.69) is 20.6 Å². The lowest BCUT2D eigenvalue weighted by molar-refractivity contribution is -0.137. The number of hydrogen-bond donors (Lipinski definition) is 2. The smallest absolute Gasteiger partial charge is 0.380 e. The number of alkyl halides is 3. The number of para-hydroxylation sites is 1. The highest BCUT2D eigenvalue weighted by molar-refractivity contribution is 7.92. The van der Waals surface area contributed by atoms with Crippen LogP contribution < -0.4 is 14.9 Å². The molecule has 0 unspecified atom stereocenters. The van der Waals surface area contributed by atoms with Crippen molar-refractivity contribution in [3.63, 3.8) is 0 Å². The van der Waals surface area contributed by atoms with Crippen LogP contribution in [0.1, 0.15) is 11.1 Å². The fourth-order valence-corrected chi connectivity index (χ4v) is 3.24. The number of nitrogens with one attached hydrogen (secondary N) is 2. The zero-order valence-electron chi connectivity index (χ0n) is 16.7. The molecule has 0 aliphatic heterocycles. The number of halogens is 3. The lowest BCUT2D eigenvalue weighted by Gasteiger charge is -2.20. The Morgan fingerprint density at radius 2 is 1.77 bits per heavy atom. The Hall–Kier alpha value is -3.34. The van der Waals surface area contributed by atoms with Crippen LogP contribution in [0.5, 0.6) is 0 Å². The summed E-state index contributed by atoms with van der Waals surface area (Å²) < 4.78 is 65.2. The number of hydrogen-bond acceptors (Lipinski definition) is 6. The SMILES string of the molecule is CN(c1ncccc1CNc1cc(Nc2ccccc2)ncc1C(F)(F)F)S(C)(=O)=O. The van der Waals surface area contributed by atoms with Gasteiger partial charge in [0, 0.05) is 43.3 Å². The van der Waals surface area contributed by atoms with Gasteiger partial charge in [0.1, 0.15) is 11.6 Å². The van der Waals surface area contributed by atoms with Gasteiger partial charge in [0.15, 0.2) is 0 Å². The zero-order chi connectivity index (χ0) is 22.6. The second-order valence-corrected chi connectivity index (χ2v) is 8.69. The maximum atomic E-state index is 13.5. The van der Waals surface area contributed by atoms with Crippen LogP contribution in [0.4, 0.5) is 36.2 Å². The molecule has 0 aliphatic carbocycles. The van der Waals surface area contributed by atoms with Gasteiger partial charge < -0.3 is 10.6 Å². The Bertz CT molecular complexity index is 1150. The molecule has 2 aromatic heterocycles. The first-order valence-electron chi connectivity index (χ1n) is 9.06. The first kappa shape index (κ1) is 22.3. The van der Waals surface area contributed by atoms with Crippen molar-refractivity contribution in [3.8, 4) is 0 Å². The quantitative estimate of drug-likeness (QED) is 0.559. The molecule has 2 heterocycles. The fraction of sp³-hybridized carbons (Fsp3) is 0.200. The van der Waals surface area contributed by atoms with E-state index in [1.165, 1.54) is 19.3 Å². The second kappa shape index (κ2) is 8.80. The molecule has 0 fully saturated rings. The van der Waals surface area contributed by atoms with Crippen molar-refractivity contribution >= 4 is 33.0 Å². The van der Waals surface area contributed by atoms with E-state index in [-0.39, 0.29) is 23.9 Å². The minimum Gasteiger partial charge on any atom is -0.380 e. The minimum atomic E-state index is -4.62. The molecule has 0 saturated heterocycles. The molecule has 31 heavy (non-hydrogen) atoms. The van der Waals surface area contributed by atoms with Gasteiger partial charge in [-0.2, -0.15) is 13.2 Å². The molecule has 11 heteroatoms. The van der Waals surface area contributed by atoms with Gasteiger partial charge >= 0.3 is 6.18 Å². The largest absolute Gasteiger partial charge is 0.419 e. The van der Waals surface area contributed by atoms with Gasteiger partial charge in [0.2, 0.25) is 10.0 Å². The summed E-state index contributed by atoms with van der Waals surface area (Å²) in [6.45, 7) is -0.0824. The predicted molar refractivity (Wildman–Crippen MR) is 114 cm³/mol.